The van der Waals surface area contributed by atoms with E-state index in [0.717, 1.165) is 5.71 Å². The monoisotopic (exact) mass is 198 g/mol. The van der Waals surface area contributed by atoms with Gasteiger partial charge < -0.3 is 0 Å². The largest absolute Gasteiger partial charge is 0.273 e. The molecule has 0 radical (unpaired) electrons. The van der Waals surface area contributed by atoms with E-state index in [1.54, 1.807) is 0 Å². The van der Waals surface area contributed by atoms with Crippen molar-refractivity contribution in [2.45, 2.75) is 41.5 Å². The second-order valence-electron chi connectivity index (χ2n) is 4.48. The standard InChI is InChI=1S/C11H22N2O/c1-7(2)10(8(3)4)12-13-11(14)9(5)6/h7-9H,1-6H3,(H,13,14). The van der Waals surface area contributed by atoms with E-state index < -0.39 is 0 Å². The molecule has 0 fully saturated rings. The van der Waals surface area contributed by atoms with Gasteiger partial charge >= 0.3 is 0 Å². The van der Waals surface area contributed by atoms with E-state index in [1.807, 2.05) is 13.8 Å². The maximum atomic E-state index is 11.3. The number of hydrogen-bond acceptors (Lipinski definition) is 2. The highest BCUT2D eigenvalue weighted by Gasteiger charge is 2.11. The van der Waals surface area contributed by atoms with Gasteiger partial charge in [-0.1, -0.05) is 41.5 Å². The number of carbonyl (C=O) groups excluding carboxylic acids is 1. The molecule has 0 heterocycles. The SMILES string of the molecule is CC(C)C(=O)NN=C(C(C)C)C(C)C. The maximum Gasteiger partial charge on any atom is 0.242 e. The van der Waals surface area contributed by atoms with Crippen LogP contribution in [0.25, 0.3) is 0 Å². The predicted octanol–water partition coefficient (Wildman–Crippen LogP) is 2.43. The Labute approximate surface area is 87.0 Å². The molecule has 0 unspecified atom stereocenters. The second kappa shape index (κ2) is 5.78. The molecule has 0 aliphatic heterocycles. The van der Waals surface area contributed by atoms with Crippen LogP contribution in [0.3, 0.4) is 0 Å². The molecule has 14 heavy (non-hydrogen) atoms. The predicted molar refractivity (Wildman–Crippen MR) is 60.1 cm³/mol. The summed E-state index contributed by atoms with van der Waals surface area (Å²) in [4.78, 5) is 11.3. The lowest BCUT2D eigenvalue weighted by molar-refractivity contribution is -0.123. The summed E-state index contributed by atoms with van der Waals surface area (Å²) in [6, 6.07) is 0. The highest BCUT2D eigenvalue weighted by molar-refractivity contribution is 5.89. The normalized spacial score (nSPS) is 10.9. The van der Waals surface area contributed by atoms with Crippen molar-refractivity contribution in [1.29, 1.82) is 0 Å². The molecule has 0 rings (SSSR count). The Balaban J connectivity index is 4.38. The Bertz CT molecular complexity index is 207. The van der Waals surface area contributed by atoms with Crippen LogP contribution < -0.4 is 5.43 Å². The second-order valence-corrected chi connectivity index (χ2v) is 4.48. The van der Waals surface area contributed by atoms with E-state index in [1.165, 1.54) is 0 Å². The van der Waals surface area contributed by atoms with Crippen LogP contribution in [0.5, 0.6) is 0 Å². The van der Waals surface area contributed by atoms with Crippen molar-refractivity contribution in [1.82, 2.24) is 5.43 Å². The fourth-order valence-corrected chi connectivity index (χ4v) is 1.17. The lowest BCUT2D eigenvalue weighted by Crippen LogP contribution is -2.27. The molecule has 0 saturated carbocycles. The minimum absolute atomic E-state index is 0.0145. The van der Waals surface area contributed by atoms with E-state index in [9.17, 15) is 4.79 Å². The third-order valence-corrected chi connectivity index (χ3v) is 2.00. The third-order valence-electron chi connectivity index (χ3n) is 2.00. The summed E-state index contributed by atoms with van der Waals surface area (Å²) in [6.45, 7) is 12.0. The smallest absolute Gasteiger partial charge is 0.242 e. The highest BCUT2D eigenvalue weighted by atomic mass is 16.2. The molecular weight excluding hydrogens is 176 g/mol. The first-order valence-electron chi connectivity index (χ1n) is 5.23. The van der Waals surface area contributed by atoms with Gasteiger partial charge in [-0.05, 0) is 11.8 Å². The van der Waals surface area contributed by atoms with Gasteiger partial charge in [-0.2, -0.15) is 5.10 Å². The Morgan fingerprint density at radius 1 is 0.929 bits per heavy atom. The van der Waals surface area contributed by atoms with Crippen molar-refractivity contribution in [2.24, 2.45) is 22.9 Å². The van der Waals surface area contributed by atoms with Crippen LogP contribution in [0.4, 0.5) is 0 Å². The van der Waals surface area contributed by atoms with Crippen LogP contribution >= 0.6 is 0 Å². The van der Waals surface area contributed by atoms with Crippen LogP contribution in [0.15, 0.2) is 5.10 Å². The van der Waals surface area contributed by atoms with Gasteiger partial charge in [-0.3, -0.25) is 4.79 Å². The molecule has 1 N–H and O–H groups in total. The topological polar surface area (TPSA) is 41.5 Å². The molecule has 0 saturated heterocycles. The van der Waals surface area contributed by atoms with Crippen molar-refractivity contribution in [3.05, 3.63) is 0 Å². The molecule has 0 aliphatic rings. The summed E-state index contributed by atoms with van der Waals surface area (Å²) in [5.41, 5.74) is 3.63. The third kappa shape index (κ3) is 4.40. The summed E-state index contributed by atoms with van der Waals surface area (Å²) >= 11 is 0. The number of nitrogens with zero attached hydrogens (tertiary/aromatic N) is 1. The Morgan fingerprint density at radius 2 is 1.36 bits per heavy atom. The van der Waals surface area contributed by atoms with Crippen LogP contribution in [0, 0.1) is 17.8 Å². The van der Waals surface area contributed by atoms with Crippen molar-refractivity contribution in [3.63, 3.8) is 0 Å². The molecule has 3 nitrogen and oxygen atoms in total. The zero-order valence-electron chi connectivity index (χ0n) is 10.1. The van der Waals surface area contributed by atoms with Crippen LogP contribution in [0.1, 0.15) is 41.5 Å². The molecule has 3 heteroatoms. The van der Waals surface area contributed by atoms with Gasteiger partial charge in [0.1, 0.15) is 0 Å². The molecule has 0 aromatic carbocycles. The molecule has 0 aliphatic carbocycles. The number of rotatable bonds is 4. The summed E-state index contributed by atoms with van der Waals surface area (Å²) in [5, 5.41) is 4.16. The highest BCUT2D eigenvalue weighted by Crippen LogP contribution is 2.07. The number of nitrogens with one attached hydrogen (secondary N) is 1. The Kier molecular flexibility index (Phi) is 5.43. The average Bonchev–Trinajstić information content (AvgIpc) is 2.02. The lowest BCUT2D eigenvalue weighted by Gasteiger charge is -2.14. The van der Waals surface area contributed by atoms with Crippen molar-refractivity contribution in [3.8, 4) is 0 Å². The first-order valence-corrected chi connectivity index (χ1v) is 5.23. The van der Waals surface area contributed by atoms with Gasteiger partial charge in [0, 0.05) is 11.6 Å². The Morgan fingerprint density at radius 3 is 1.64 bits per heavy atom. The molecular formula is C11H22N2O. The Hall–Kier alpha value is -0.860. The molecule has 0 aromatic rings. The van der Waals surface area contributed by atoms with Crippen molar-refractivity contribution >= 4 is 11.6 Å². The molecule has 0 atom stereocenters. The number of carbonyl (C=O) groups is 1. The van der Waals surface area contributed by atoms with Gasteiger partial charge in [0.2, 0.25) is 5.91 Å². The summed E-state index contributed by atoms with van der Waals surface area (Å²) in [6.07, 6.45) is 0. The van der Waals surface area contributed by atoms with E-state index >= 15 is 0 Å². The molecule has 0 aromatic heterocycles. The average molecular weight is 198 g/mol. The number of amides is 1. The quantitative estimate of drug-likeness (QED) is 0.547. The van der Waals surface area contributed by atoms with Gasteiger partial charge in [-0.15, -0.1) is 0 Å². The molecule has 82 valence electrons. The van der Waals surface area contributed by atoms with Crippen LogP contribution in [-0.2, 0) is 4.79 Å². The summed E-state index contributed by atoms with van der Waals surface area (Å²) in [7, 11) is 0. The van der Waals surface area contributed by atoms with Crippen molar-refractivity contribution < 1.29 is 4.79 Å². The lowest BCUT2D eigenvalue weighted by atomic mass is 9.98. The minimum Gasteiger partial charge on any atom is -0.273 e. The van der Waals surface area contributed by atoms with E-state index in [2.05, 4.69) is 38.2 Å². The van der Waals surface area contributed by atoms with Crippen LogP contribution in [-0.4, -0.2) is 11.6 Å². The molecule has 0 bridgehead atoms. The van der Waals surface area contributed by atoms with Crippen molar-refractivity contribution in [2.75, 3.05) is 0 Å². The first-order chi connectivity index (χ1) is 6.36. The van der Waals surface area contributed by atoms with E-state index in [-0.39, 0.29) is 11.8 Å². The van der Waals surface area contributed by atoms with Gasteiger partial charge in [0.25, 0.3) is 0 Å². The maximum absolute atomic E-state index is 11.3. The molecule has 1 amide bonds. The van der Waals surface area contributed by atoms with Gasteiger partial charge in [0.15, 0.2) is 0 Å². The first kappa shape index (κ1) is 13.1. The van der Waals surface area contributed by atoms with Crippen LogP contribution in [0.2, 0.25) is 0 Å². The van der Waals surface area contributed by atoms with E-state index in [4.69, 9.17) is 0 Å². The zero-order valence-corrected chi connectivity index (χ0v) is 10.1. The summed E-state index contributed by atoms with van der Waals surface area (Å²) < 4.78 is 0. The number of hydrazone groups is 1. The fourth-order valence-electron chi connectivity index (χ4n) is 1.17. The molecule has 0 spiro atoms. The number of hydrogen-bond donors (Lipinski definition) is 1. The zero-order chi connectivity index (χ0) is 11.3. The van der Waals surface area contributed by atoms with Gasteiger partial charge in [-0.25, -0.2) is 5.43 Å². The van der Waals surface area contributed by atoms with Gasteiger partial charge in [0.05, 0.1) is 0 Å². The summed E-state index contributed by atoms with van der Waals surface area (Å²) in [5.74, 6) is 0.716. The fraction of sp³-hybridized carbons (Fsp3) is 0.818. The minimum atomic E-state index is -0.0243. The van der Waals surface area contributed by atoms with E-state index in [0.29, 0.717) is 11.8 Å².